The van der Waals surface area contributed by atoms with Crippen molar-refractivity contribution in [2.45, 2.75) is 75.2 Å². The fraction of sp³-hybridized carbons (Fsp3) is 0.714. The van der Waals surface area contributed by atoms with Crippen molar-refractivity contribution < 1.29 is 9.84 Å². The summed E-state index contributed by atoms with van der Waals surface area (Å²) < 4.78 is 6.42. The maximum Gasteiger partial charge on any atom is 0.116 e. The van der Waals surface area contributed by atoms with Crippen molar-refractivity contribution in [1.29, 1.82) is 0 Å². The third kappa shape index (κ3) is 2.91. The highest BCUT2D eigenvalue weighted by atomic mass is 16.5. The molecule has 4 rings (SSSR count). The number of aliphatic hydroxyl groups is 1. The Morgan fingerprint density at radius 2 is 1.75 bits per heavy atom. The van der Waals surface area contributed by atoms with Crippen LogP contribution in [0.15, 0.2) is 30.3 Å². The standard InChI is InChI=1S/C21H31NO2/c1-22-18-11-13-19(22)20(14-12-18)24-15-21(23,17-9-5-6-10-17)16-7-3-2-4-8-16/h2-4,7-8,17-20,23H,5-6,9-15H2,1H3/t18-,19+,20+,21-/m1/s1. The van der Waals surface area contributed by atoms with Crippen LogP contribution in [0.1, 0.15) is 56.9 Å². The molecule has 0 aromatic heterocycles. The van der Waals surface area contributed by atoms with E-state index in [9.17, 15) is 5.11 Å². The second-order valence-corrected chi connectivity index (χ2v) is 8.16. The van der Waals surface area contributed by atoms with E-state index in [1.54, 1.807) is 0 Å². The molecule has 2 saturated heterocycles. The Hall–Kier alpha value is -0.900. The summed E-state index contributed by atoms with van der Waals surface area (Å²) in [5.41, 5.74) is 0.205. The zero-order valence-electron chi connectivity index (χ0n) is 14.9. The summed E-state index contributed by atoms with van der Waals surface area (Å²) >= 11 is 0. The lowest BCUT2D eigenvalue weighted by Gasteiger charge is -2.40. The lowest BCUT2D eigenvalue weighted by Crippen LogP contribution is -2.48. The van der Waals surface area contributed by atoms with E-state index in [4.69, 9.17) is 4.74 Å². The number of hydrogen-bond donors (Lipinski definition) is 1. The van der Waals surface area contributed by atoms with Gasteiger partial charge in [0, 0.05) is 12.1 Å². The summed E-state index contributed by atoms with van der Waals surface area (Å²) in [5.74, 6) is 0.331. The Kier molecular flexibility index (Phi) is 4.68. The van der Waals surface area contributed by atoms with E-state index in [0.29, 0.717) is 18.6 Å². The number of likely N-dealkylation sites (N-methyl/N-ethyl adjacent to an activating group) is 1. The fourth-order valence-corrected chi connectivity index (χ4v) is 5.38. The zero-order chi connectivity index (χ0) is 16.6. The van der Waals surface area contributed by atoms with Crippen molar-refractivity contribution in [2.24, 2.45) is 5.92 Å². The molecule has 0 spiro atoms. The molecular formula is C21H31NO2. The lowest BCUT2D eigenvalue weighted by atomic mass is 9.80. The summed E-state index contributed by atoms with van der Waals surface area (Å²) in [6.45, 7) is 0.446. The normalized spacial score (nSPS) is 33.7. The van der Waals surface area contributed by atoms with Crippen LogP contribution in [0.4, 0.5) is 0 Å². The molecule has 0 radical (unpaired) electrons. The first-order valence-electron chi connectivity index (χ1n) is 9.80. The van der Waals surface area contributed by atoms with Gasteiger partial charge in [0.25, 0.3) is 0 Å². The van der Waals surface area contributed by atoms with Crippen LogP contribution < -0.4 is 0 Å². The number of rotatable bonds is 5. The van der Waals surface area contributed by atoms with E-state index in [2.05, 4.69) is 24.1 Å². The Bertz CT molecular complexity index is 542. The molecular weight excluding hydrogens is 298 g/mol. The van der Waals surface area contributed by atoms with Crippen LogP contribution in [0.3, 0.4) is 0 Å². The molecule has 1 aliphatic carbocycles. The first-order chi connectivity index (χ1) is 11.7. The van der Waals surface area contributed by atoms with Gasteiger partial charge in [0.05, 0.1) is 12.7 Å². The first-order valence-corrected chi connectivity index (χ1v) is 9.80. The molecule has 1 aromatic rings. The summed E-state index contributed by atoms with van der Waals surface area (Å²) in [4.78, 5) is 2.52. The van der Waals surface area contributed by atoms with Crippen molar-refractivity contribution in [3.63, 3.8) is 0 Å². The van der Waals surface area contributed by atoms with E-state index in [0.717, 1.165) is 30.9 Å². The molecule has 3 nitrogen and oxygen atoms in total. The third-order valence-electron chi connectivity index (χ3n) is 6.93. The van der Waals surface area contributed by atoms with Crippen LogP contribution in [0, 0.1) is 5.92 Å². The van der Waals surface area contributed by atoms with Crippen LogP contribution in [-0.2, 0) is 10.3 Å². The predicted octanol–water partition coefficient (Wildman–Crippen LogP) is 3.71. The van der Waals surface area contributed by atoms with Crippen LogP contribution >= 0.6 is 0 Å². The molecule has 0 amide bonds. The highest BCUT2D eigenvalue weighted by molar-refractivity contribution is 5.24. The maximum absolute atomic E-state index is 11.6. The summed E-state index contributed by atoms with van der Waals surface area (Å²) in [5, 5.41) is 11.6. The van der Waals surface area contributed by atoms with Gasteiger partial charge < -0.3 is 9.84 Å². The molecule has 24 heavy (non-hydrogen) atoms. The SMILES string of the molecule is CN1[C@H]2CC[C@H](OC[C@@](O)(c3ccccc3)C3CCCC3)[C@@H]1CC2. The number of benzene rings is 1. The molecule has 2 aliphatic heterocycles. The molecule has 3 fully saturated rings. The van der Waals surface area contributed by atoms with Crippen molar-refractivity contribution in [1.82, 2.24) is 4.90 Å². The third-order valence-corrected chi connectivity index (χ3v) is 6.93. The summed E-state index contributed by atoms with van der Waals surface area (Å²) in [6.07, 6.45) is 9.93. The smallest absolute Gasteiger partial charge is 0.116 e. The molecule has 3 aliphatic rings. The van der Waals surface area contributed by atoms with Gasteiger partial charge >= 0.3 is 0 Å². The van der Waals surface area contributed by atoms with Crippen LogP contribution in [0.5, 0.6) is 0 Å². The van der Waals surface area contributed by atoms with Crippen molar-refractivity contribution in [3.05, 3.63) is 35.9 Å². The average Bonchev–Trinajstić information content (AvgIpc) is 3.22. The predicted molar refractivity (Wildman–Crippen MR) is 95.8 cm³/mol. The number of ether oxygens (including phenoxy) is 1. The van der Waals surface area contributed by atoms with Gasteiger partial charge in [-0.25, -0.2) is 0 Å². The number of piperidine rings is 1. The number of nitrogens with zero attached hydrogens (tertiary/aromatic N) is 1. The van der Waals surface area contributed by atoms with Gasteiger partial charge in [-0.2, -0.15) is 0 Å². The maximum atomic E-state index is 11.6. The second kappa shape index (κ2) is 6.78. The van der Waals surface area contributed by atoms with Gasteiger partial charge in [0.15, 0.2) is 0 Å². The van der Waals surface area contributed by atoms with Crippen molar-refractivity contribution in [2.75, 3.05) is 13.7 Å². The molecule has 1 N–H and O–H groups in total. The van der Waals surface area contributed by atoms with Crippen LogP contribution in [-0.4, -0.2) is 41.8 Å². The molecule has 0 unspecified atom stereocenters. The van der Waals surface area contributed by atoms with Crippen molar-refractivity contribution in [3.8, 4) is 0 Å². The highest BCUT2D eigenvalue weighted by Gasteiger charge is 2.44. The van der Waals surface area contributed by atoms with Crippen molar-refractivity contribution >= 4 is 0 Å². The number of fused-ring (bicyclic) bond motifs is 2. The van der Waals surface area contributed by atoms with Crippen LogP contribution in [0.25, 0.3) is 0 Å². The van der Waals surface area contributed by atoms with E-state index < -0.39 is 5.60 Å². The fourth-order valence-electron chi connectivity index (χ4n) is 5.38. The van der Waals surface area contributed by atoms with E-state index in [1.165, 1.54) is 32.1 Å². The van der Waals surface area contributed by atoms with Gasteiger partial charge in [-0.15, -0.1) is 0 Å². The van der Waals surface area contributed by atoms with Gasteiger partial charge in [-0.1, -0.05) is 43.2 Å². The molecule has 4 atom stereocenters. The first kappa shape index (κ1) is 16.6. The Labute approximate surface area is 146 Å². The molecule has 132 valence electrons. The molecule has 1 saturated carbocycles. The molecule has 2 bridgehead atoms. The van der Waals surface area contributed by atoms with Gasteiger partial charge in [-0.05, 0) is 57.1 Å². The lowest BCUT2D eigenvalue weighted by molar-refractivity contribution is -0.129. The quantitative estimate of drug-likeness (QED) is 0.894. The Morgan fingerprint density at radius 3 is 2.50 bits per heavy atom. The van der Waals surface area contributed by atoms with Crippen LogP contribution in [0.2, 0.25) is 0 Å². The van der Waals surface area contributed by atoms with Gasteiger partial charge in [0.2, 0.25) is 0 Å². The minimum Gasteiger partial charge on any atom is -0.382 e. The minimum absolute atomic E-state index is 0.283. The summed E-state index contributed by atoms with van der Waals surface area (Å²) in [7, 11) is 2.25. The largest absolute Gasteiger partial charge is 0.382 e. The van der Waals surface area contributed by atoms with Gasteiger partial charge in [0.1, 0.15) is 5.60 Å². The minimum atomic E-state index is -0.828. The van der Waals surface area contributed by atoms with Gasteiger partial charge in [-0.3, -0.25) is 4.90 Å². The highest BCUT2D eigenvalue weighted by Crippen LogP contribution is 2.42. The zero-order valence-corrected chi connectivity index (χ0v) is 14.9. The number of hydrogen-bond acceptors (Lipinski definition) is 3. The Balaban J connectivity index is 1.50. The molecule has 1 aromatic carbocycles. The molecule has 2 heterocycles. The van der Waals surface area contributed by atoms with E-state index >= 15 is 0 Å². The topological polar surface area (TPSA) is 32.7 Å². The monoisotopic (exact) mass is 329 g/mol. The summed E-state index contributed by atoms with van der Waals surface area (Å²) in [6, 6.07) is 11.5. The van der Waals surface area contributed by atoms with E-state index in [-0.39, 0.29) is 6.10 Å². The molecule has 3 heteroatoms. The van der Waals surface area contributed by atoms with E-state index in [1.807, 2.05) is 18.2 Å². The second-order valence-electron chi connectivity index (χ2n) is 8.16. The Morgan fingerprint density at radius 1 is 1.04 bits per heavy atom. The average molecular weight is 329 g/mol.